The van der Waals surface area contributed by atoms with Crippen molar-refractivity contribution in [3.05, 3.63) is 47.2 Å². The molecule has 2 unspecified atom stereocenters. The summed E-state index contributed by atoms with van der Waals surface area (Å²) >= 11 is 5.90. The van der Waals surface area contributed by atoms with Crippen LogP contribution in [0.15, 0.2) is 36.7 Å². The summed E-state index contributed by atoms with van der Waals surface area (Å²) in [5.41, 5.74) is 1.03. The fourth-order valence-electron chi connectivity index (χ4n) is 5.31. The van der Waals surface area contributed by atoms with Crippen LogP contribution in [-0.4, -0.2) is 66.8 Å². The van der Waals surface area contributed by atoms with Crippen LogP contribution in [-0.2, 0) is 16.0 Å². The second-order valence-electron chi connectivity index (χ2n) is 9.64. The van der Waals surface area contributed by atoms with E-state index < -0.39 is 0 Å². The smallest absolute Gasteiger partial charge is 0.227 e. The van der Waals surface area contributed by atoms with Gasteiger partial charge in [-0.1, -0.05) is 23.7 Å². The highest BCUT2D eigenvalue weighted by Crippen LogP contribution is 2.49. The quantitative estimate of drug-likeness (QED) is 0.567. The van der Waals surface area contributed by atoms with Crippen LogP contribution < -0.4 is 9.64 Å². The van der Waals surface area contributed by atoms with Crippen molar-refractivity contribution in [2.45, 2.75) is 32.1 Å². The Bertz CT molecular complexity index is 942. The minimum absolute atomic E-state index is 0.170. The van der Waals surface area contributed by atoms with Gasteiger partial charge in [0.15, 0.2) is 0 Å². The SMILES string of the molecule is O=C(Cc1ccc(OCCC2CC2C2CCN(c3ncc(Cl)cn3)CC2)cc1)N1CCOCC1. The molecule has 1 saturated carbocycles. The first kappa shape index (κ1) is 23.4. The Kier molecular flexibility index (Phi) is 7.50. The summed E-state index contributed by atoms with van der Waals surface area (Å²) < 4.78 is 11.3. The van der Waals surface area contributed by atoms with Gasteiger partial charge in [0.05, 0.1) is 43.7 Å². The molecular formula is C26H33ClN4O3. The van der Waals surface area contributed by atoms with E-state index in [0.717, 1.165) is 61.1 Å². The van der Waals surface area contributed by atoms with Crippen molar-refractivity contribution in [3.8, 4) is 5.75 Å². The Labute approximate surface area is 206 Å². The maximum absolute atomic E-state index is 12.4. The van der Waals surface area contributed by atoms with Crippen molar-refractivity contribution in [2.24, 2.45) is 17.8 Å². The summed E-state index contributed by atoms with van der Waals surface area (Å²) in [6.07, 6.45) is 8.64. The molecule has 1 amide bonds. The third kappa shape index (κ3) is 5.99. The van der Waals surface area contributed by atoms with Crippen LogP contribution in [0.25, 0.3) is 0 Å². The average Bonchev–Trinajstić information content (AvgIpc) is 3.66. The number of hydrogen-bond donors (Lipinski definition) is 0. The number of rotatable bonds is 8. The van der Waals surface area contributed by atoms with E-state index in [4.69, 9.17) is 21.1 Å². The van der Waals surface area contributed by atoms with Gasteiger partial charge in [-0.25, -0.2) is 9.97 Å². The molecule has 3 heterocycles. The van der Waals surface area contributed by atoms with Crippen molar-refractivity contribution in [2.75, 3.05) is 50.9 Å². The number of anilines is 1. The van der Waals surface area contributed by atoms with Crippen molar-refractivity contribution in [1.29, 1.82) is 0 Å². The number of aromatic nitrogens is 2. The van der Waals surface area contributed by atoms with Gasteiger partial charge in [-0.2, -0.15) is 0 Å². The standard InChI is InChI=1S/C26H33ClN4O3/c27-22-17-28-26(29-18-22)31-8-5-20(6-9-31)24-16-21(24)7-12-34-23-3-1-19(2-4-23)15-25(32)30-10-13-33-14-11-30/h1-4,17-18,20-21,24H,5-16H2. The normalized spacial score (nSPS) is 23.1. The number of halogens is 1. The maximum Gasteiger partial charge on any atom is 0.227 e. The monoisotopic (exact) mass is 484 g/mol. The van der Waals surface area contributed by atoms with E-state index in [9.17, 15) is 4.79 Å². The molecule has 3 aliphatic rings. The molecule has 3 fully saturated rings. The number of piperidine rings is 1. The van der Waals surface area contributed by atoms with Crippen LogP contribution in [0.5, 0.6) is 5.75 Å². The molecular weight excluding hydrogens is 452 g/mol. The average molecular weight is 485 g/mol. The number of carbonyl (C=O) groups is 1. The summed E-state index contributed by atoms with van der Waals surface area (Å²) in [4.78, 5) is 25.3. The van der Waals surface area contributed by atoms with Gasteiger partial charge < -0.3 is 19.3 Å². The molecule has 5 rings (SSSR count). The van der Waals surface area contributed by atoms with Crippen molar-refractivity contribution in [3.63, 3.8) is 0 Å². The minimum atomic E-state index is 0.170. The van der Waals surface area contributed by atoms with E-state index in [0.29, 0.717) is 37.7 Å². The van der Waals surface area contributed by atoms with E-state index >= 15 is 0 Å². The summed E-state index contributed by atoms with van der Waals surface area (Å²) in [6, 6.07) is 7.99. The zero-order valence-corrected chi connectivity index (χ0v) is 20.3. The van der Waals surface area contributed by atoms with Crippen LogP contribution in [0.1, 0.15) is 31.2 Å². The third-order valence-corrected chi connectivity index (χ3v) is 7.61. The van der Waals surface area contributed by atoms with Crippen LogP contribution in [0, 0.1) is 17.8 Å². The first-order chi connectivity index (χ1) is 16.7. The van der Waals surface area contributed by atoms with E-state index in [-0.39, 0.29) is 5.91 Å². The number of amides is 1. The van der Waals surface area contributed by atoms with Crippen LogP contribution in [0.3, 0.4) is 0 Å². The highest BCUT2D eigenvalue weighted by atomic mass is 35.5. The Balaban J connectivity index is 0.992. The fourth-order valence-corrected chi connectivity index (χ4v) is 5.41. The number of nitrogens with zero attached hydrogens (tertiary/aromatic N) is 4. The zero-order valence-electron chi connectivity index (χ0n) is 19.6. The molecule has 8 heteroatoms. The lowest BCUT2D eigenvalue weighted by Crippen LogP contribution is -2.41. The summed E-state index contributed by atoms with van der Waals surface area (Å²) in [6.45, 7) is 5.45. The maximum atomic E-state index is 12.4. The molecule has 7 nitrogen and oxygen atoms in total. The lowest BCUT2D eigenvalue weighted by atomic mass is 9.90. The first-order valence-corrected chi connectivity index (χ1v) is 12.8. The van der Waals surface area contributed by atoms with Gasteiger partial charge in [0, 0.05) is 26.2 Å². The van der Waals surface area contributed by atoms with Crippen LogP contribution in [0.4, 0.5) is 5.95 Å². The topological polar surface area (TPSA) is 67.8 Å². The predicted molar refractivity (Wildman–Crippen MR) is 131 cm³/mol. The zero-order chi connectivity index (χ0) is 23.3. The molecule has 0 bridgehead atoms. The van der Waals surface area contributed by atoms with Crippen molar-refractivity contribution < 1.29 is 14.3 Å². The molecule has 2 aliphatic heterocycles. The molecule has 182 valence electrons. The molecule has 2 aromatic rings. The Hall–Kier alpha value is -2.38. The van der Waals surface area contributed by atoms with E-state index in [1.807, 2.05) is 29.2 Å². The largest absolute Gasteiger partial charge is 0.494 e. The van der Waals surface area contributed by atoms with Gasteiger partial charge in [0.25, 0.3) is 0 Å². The number of hydrogen-bond acceptors (Lipinski definition) is 6. The first-order valence-electron chi connectivity index (χ1n) is 12.5. The Morgan fingerprint density at radius 1 is 1.06 bits per heavy atom. The van der Waals surface area contributed by atoms with Crippen LogP contribution >= 0.6 is 11.6 Å². The molecule has 1 aromatic heterocycles. The van der Waals surface area contributed by atoms with E-state index in [2.05, 4.69) is 14.9 Å². The fraction of sp³-hybridized carbons (Fsp3) is 0.577. The van der Waals surface area contributed by atoms with Gasteiger partial charge >= 0.3 is 0 Å². The third-order valence-electron chi connectivity index (χ3n) is 7.41. The highest BCUT2D eigenvalue weighted by Gasteiger charge is 2.43. The number of carbonyl (C=O) groups excluding carboxylic acids is 1. The Morgan fingerprint density at radius 2 is 1.76 bits per heavy atom. The molecule has 34 heavy (non-hydrogen) atoms. The van der Waals surface area contributed by atoms with Gasteiger partial charge in [0.1, 0.15) is 5.75 Å². The molecule has 0 spiro atoms. The molecule has 0 radical (unpaired) electrons. The second kappa shape index (κ2) is 10.9. The minimum Gasteiger partial charge on any atom is -0.494 e. The highest BCUT2D eigenvalue weighted by molar-refractivity contribution is 6.30. The lowest BCUT2D eigenvalue weighted by Gasteiger charge is -2.32. The summed E-state index contributed by atoms with van der Waals surface area (Å²) in [5, 5.41) is 0.580. The number of ether oxygens (including phenoxy) is 2. The van der Waals surface area contributed by atoms with Gasteiger partial charge in [-0.15, -0.1) is 0 Å². The molecule has 2 atom stereocenters. The van der Waals surface area contributed by atoms with E-state index in [1.165, 1.54) is 19.3 Å². The lowest BCUT2D eigenvalue weighted by molar-refractivity contribution is -0.134. The molecule has 1 aromatic carbocycles. The summed E-state index contributed by atoms with van der Waals surface area (Å²) in [5.74, 6) is 4.27. The van der Waals surface area contributed by atoms with E-state index in [1.54, 1.807) is 12.4 Å². The molecule has 0 N–H and O–H groups in total. The number of benzene rings is 1. The van der Waals surface area contributed by atoms with Crippen molar-refractivity contribution in [1.82, 2.24) is 14.9 Å². The van der Waals surface area contributed by atoms with Crippen LogP contribution in [0.2, 0.25) is 5.02 Å². The van der Waals surface area contributed by atoms with Gasteiger partial charge in [-0.3, -0.25) is 4.79 Å². The second-order valence-corrected chi connectivity index (χ2v) is 10.1. The van der Waals surface area contributed by atoms with Crippen molar-refractivity contribution >= 4 is 23.5 Å². The predicted octanol–water partition coefficient (Wildman–Crippen LogP) is 3.85. The molecule has 2 saturated heterocycles. The Morgan fingerprint density at radius 3 is 2.47 bits per heavy atom. The molecule has 1 aliphatic carbocycles. The van der Waals surface area contributed by atoms with Gasteiger partial charge in [-0.05, 0) is 61.1 Å². The summed E-state index contributed by atoms with van der Waals surface area (Å²) in [7, 11) is 0. The van der Waals surface area contributed by atoms with Gasteiger partial charge in [0.2, 0.25) is 11.9 Å². The number of morpholine rings is 1.